The highest BCUT2D eigenvalue weighted by Gasteiger charge is 2.29. The second kappa shape index (κ2) is 8.18. The molecule has 7 nitrogen and oxygen atoms in total. The number of carboxylic acids is 1. The van der Waals surface area contributed by atoms with E-state index in [0.29, 0.717) is 23.0 Å². The van der Waals surface area contributed by atoms with Gasteiger partial charge < -0.3 is 20.1 Å². The summed E-state index contributed by atoms with van der Waals surface area (Å²) in [5.74, 6) is -2.64. The number of nitrogens with zero attached hydrogens (tertiary/aromatic N) is 1. The summed E-state index contributed by atoms with van der Waals surface area (Å²) in [6.07, 6.45) is 0.510. The molecule has 7 heteroatoms. The molecule has 1 amide bonds. The average Bonchev–Trinajstić information content (AvgIpc) is 2.99. The Hall–Kier alpha value is -3.61. The van der Waals surface area contributed by atoms with Crippen LogP contribution in [0.1, 0.15) is 29.9 Å². The highest BCUT2D eigenvalue weighted by Crippen LogP contribution is 2.37. The summed E-state index contributed by atoms with van der Waals surface area (Å²) in [4.78, 5) is 35.7. The Morgan fingerprint density at radius 1 is 1.07 bits per heavy atom. The summed E-state index contributed by atoms with van der Waals surface area (Å²) in [7, 11) is 0. The number of hydrogen-bond acceptors (Lipinski definition) is 4. The first-order valence-electron chi connectivity index (χ1n) is 9.21. The molecule has 0 aliphatic heterocycles. The van der Waals surface area contributed by atoms with Crippen LogP contribution in [0, 0.1) is 5.92 Å². The number of aromatic nitrogens is 1. The summed E-state index contributed by atoms with van der Waals surface area (Å²) in [6.45, 7) is 3.44. The van der Waals surface area contributed by atoms with E-state index in [1.54, 1.807) is 18.2 Å². The predicted octanol–water partition coefficient (Wildman–Crippen LogP) is 2.96. The van der Waals surface area contributed by atoms with Gasteiger partial charge >= 0.3 is 5.97 Å². The molecule has 2 aromatic carbocycles. The Kier molecular flexibility index (Phi) is 5.68. The number of rotatable bonds is 8. The average molecular weight is 394 g/mol. The molecule has 0 radical (unpaired) electrons. The van der Waals surface area contributed by atoms with E-state index in [9.17, 15) is 14.4 Å². The van der Waals surface area contributed by atoms with Crippen molar-refractivity contribution in [1.82, 2.24) is 4.57 Å². The lowest BCUT2D eigenvalue weighted by Gasteiger charge is -2.13. The minimum absolute atomic E-state index is 0.158. The largest absolute Gasteiger partial charge is 0.481 e. The second-order valence-corrected chi connectivity index (χ2v) is 7.12. The molecule has 0 spiro atoms. The number of carboxylic acid groups (broad SMARTS) is 1. The smallest absolute Gasteiger partial charge is 0.341 e. The van der Waals surface area contributed by atoms with Gasteiger partial charge in [-0.3, -0.25) is 9.59 Å². The number of benzene rings is 2. The van der Waals surface area contributed by atoms with Crippen LogP contribution in [0.4, 0.5) is 0 Å². The molecule has 29 heavy (non-hydrogen) atoms. The zero-order valence-electron chi connectivity index (χ0n) is 16.2. The van der Waals surface area contributed by atoms with Crippen LogP contribution in [0.3, 0.4) is 0 Å². The van der Waals surface area contributed by atoms with E-state index in [0.717, 1.165) is 5.69 Å². The van der Waals surface area contributed by atoms with Crippen molar-refractivity contribution in [2.45, 2.75) is 20.3 Å². The molecule has 1 aromatic heterocycles. The van der Waals surface area contributed by atoms with Crippen LogP contribution >= 0.6 is 0 Å². The van der Waals surface area contributed by atoms with Crippen molar-refractivity contribution in [3.05, 3.63) is 59.8 Å². The number of hydrogen-bond donors (Lipinski definition) is 2. The molecule has 0 fully saturated rings. The fraction of sp³-hybridized carbons (Fsp3) is 0.227. The number of ketones is 1. The molecule has 0 saturated heterocycles. The number of carbonyl (C=O) groups is 3. The van der Waals surface area contributed by atoms with Crippen molar-refractivity contribution in [1.29, 1.82) is 0 Å². The van der Waals surface area contributed by atoms with Crippen molar-refractivity contribution < 1.29 is 24.2 Å². The van der Waals surface area contributed by atoms with Crippen LogP contribution in [0.25, 0.3) is 16.6 Å². The zero-order chi connectivity index (χ0) is 21.1. The first kappa shape index (κ1) is 20.1. The van der Waals surface area contributed by atoms with Gasteiger partial charge in [-0.15, -0.1) is 0 Å². The maximum atomic E-state index is 12.8. The van der Waals surface area contributed by atoms with E-state index in [4.69, 9.17) is 15.6 Å². The van der Waals surface area contributed by atoms with E-state index in [-0.39, 0.29) is 17.2 Å². The van der Waals surface area contributed by atoms with E-state index >= 15 is 0 Å². The van der Waals surface area contributed by atoms with Crippen molar-refractivity contribution in [3.63, 3.8) is 0 Å². The number of Topliss-reactive ketones (excluding diaryl/α,β-unsaturated/α-hetero) is 1. The van der Waals surface area contributed by atoms with Gasteiger partial charge in [-0.2, -0.15) is 0 Å². The highest BCUT2D eigenvalue weighted by molar-refractivity contribution is 6.45. The molecule has 0 atom stereocenters. The Morgan fingerprint density at radius 2 is 1.76 bits per heavy atom. The monoisotopic (exact) mass is 394 g/mol. The molecule has 3 rings (SSSR count). The summed E-state index contributed by atoms with van der Waals surface area (Å²) in [6, 6.07) is 14.5. The number of primary amides is 1. The summed E-state index contributed by atoms with van der Waals surface area (Å²) < 4.78 is 7.35. The number of para-hydroxylation sites is 1. The summed E-state index contributed by atoms with van der Waals surface area (Å²) in [5.41, 5.74) is 7.59. The lowest BCUT2D eigenvalue weighted by Crippen LogP contribution is -2.24. The van der Waals surface area contributed by atoms with Crippen molar-refractivity contribution >= 4 is 28.6 Å². The molecule has 0 aliphatic carbocycles. The van der Waals surface area contributed by atoms with Crippen LogP contribution in [-0.4, -0.2) is 33.9 Å². The van der Waals surface area contributed by atoms with E-state index in [2.05, 4.69) is 0 Å². The number of fused-ring (bicyclic) bond motifs is 1. The normalized spacial score (nSPS) is 11.0. The quantitative estimate of drug-likeness (QED) is 0.451. The number of nitrogens with two attached hydrogens (primary N) is 1. The highest BCUT2D eigenvalue weighted by atomic mass is 16.5. The Balaban J connectivity index is 2.42. The fourth-order valence-electron chi connectivity index (χ4n) is 3.44. The van der Waals surface area contributed by atoms with Crippen LogP contribution < -0.4 is 10.5 Å². The predicted molar refractivity (Wildman–Crippen MR) is 108 cm³/mol. The van der Waals surface area contributed by atoms with Gasteiger partial charge in [0, 0.05) is 11.4 Å². The zero-order valence-corrected chi connectivity index (χ0v) is 16.2. The SMILES string of the molecule is CC(C)Cc1c(C(=O)C(N)=O)c2c(OCC(=O)O)cccc2n1-c1ccccc1. The van der Waals surface area contributed by atoms with E-state index in [1.807, 2.05) is 48.7 Å². The van der Waals surface area contributed by atoms with Gasteiger partial charge in [0.2, 0.25) is 0 Å². The molecule has 150 valence electrons. The van der Waals surface area contributed by atoms with E-state index < -0.39 is 24.3 Å². The maximum Gasteiger partial charge on any atom is 0.341 e. The van der Waals surface area contributed by atoms with Gasteiger partial charge in [-0.1, -0.05) is 38.1 Å². The molecular formula is C22H22N2O5. The van der Waals surface area contributed by atoms with Gasteiger partial charge in [0.05, 0.1) is 16.5 Å². The minimum atomic E-state index is -1.14. The van der Waals surface area contributed by atoms with Crippen molar-refractivity contribution in [2.24, 2.45) is 11.7 Å². The van der Waals surface area contributed by atoms with Gasteiger partial charge in [0.15, 0.2) is 6.61 Å². The summed E-state index contributed by atoms with van der Waals surface area (Å²) in [5, 5.41) is 9.39. The first-order chi connectivity index (χ1) is 13.8. The molecule has 3 aromatic rings. The topological polar surface area (TPSA) is 112 Å². The Bertz CT molecular complexity index is 1080. The Labute approximate surface area is 167 Å². The lowest BCUT2D eigenvalue weighted by molar-refractivity contribution is -0.139. The Morgan fingerprint density at radius 3 is 2.34 bits per heavy atom. The number of ether oxygens (including phenoxy) is 1. The minimum Gasteiger partial charge on any atom is -0.481 e. The van der Waals surface area contributed by atoms with Crippen LogP contribution in [0.5, 0.6) is 5.75 Å². The molecule has 0 unspecified atom stereocenters. The number of amides is 1. The first-order valence-corrected chi connectivity index (χ1v) is 9.21. The van der Waals surface area contributed by atoms with Crippen molar-refractivity contribution in [3.8, 4) is 11.4 Å². The molecule has 0 aliphatic rings. The van der Waals surface area contributed by atoms with Gasteiger partial charge in [0.25, 0.3) is 11.7 Å². The van der Waals surface area contributed by atoms with Gasteiger partial charge in [0.1, 0.15) is 5.75 Å². The van der Waals surface area contributed by atoms with Crippen LogP contribution in [0.15, 0.2) is 48.5 Å². The number of carbonyl (C=O) groups excluding carboxylic acids is 2. The van der Waals surface area contributed by atoms with Crippen molar-refractivity contribution in [2.75, 3.05) is 6.61 Å². The lowest BCUT2D eigenvalue weighted by atomic mass is 9.99. The standard InChI is InChI=1S/C22H22N2O5/c1-13(2)11-16-20(21(27)22(23)28)19-15(24(16)14-7-4-3-5-8-14)9-6-10-17(19)29-12-18(25)26/h3-10,13H,11-12H2,1-2H3,(H2,23,28)(H,25,26). The van der Waals surface area contributed by atoms with Crippen LogP contribution in [0.2, 0.25) is 0 Å². The van der Waals surface area contributed by atoms with Gasteiger partial charge in [-0.25, -0.2) is 4.79 Å². The van der Waals surface area contributed by atoms with E-state index in [1.165, 1.54) is 0 Å². The molecule has 0 saturated carbocycles. The third-order valence-corrected chi connectivity index (χ3v) is 4.47. The summed E-state index contributed by atoms with van der Waals surface area (Å²) >= 11 is 0. The number of aliphatic carboxylic acids is 1. The third kappa shape index (κ3) is 3.99. The maximum absolute atomic E-state index is 12.8. The third-order valence-electron chi connectivity index (χ3n) is 4.47. The van der Waals surface area contributed by atoms with Crippen LogP contribution in [-0.2, 0) is 16.0 Å². The van der Waals surface area contributed by atoms with Gasteiger partial charge in [-0.05, 0) is 36.6 Å². The molecule has 1 heterocycles. The fourth-order valence-corrected chi connectivity index (χ4v) is 3.44. The second-order valence-electron chi connectivity index (χ2n) is 7.12. The molecule has 0 bridgehead atoms. The molecule has 3 N–H and O–H groups in total. The molecular weight excluding hydrogens is 372 g/mol.